The molecule has 3 N–H and O–H groups in total. The predicted octanol–water partition coefficient (Wildman–Crippen LogP) is 1.58. The largest absolute Gasteiger partial charge is 0.336 e. The Bertz CT molecular complexity index is 485. The Morgan fingerprint density at radius 1 is 1.48 bits per heavy atom. The minimum atomic E-state index is -0.380. The average molecular weight is 293 g/mol. The van der Waals surface area contributed by atoms with Gasteiger partial charge in [-0.1, -0.05) is 19.1 Å². The number of amides is 3. The number of hydroxylamine groups is 1. The summed E-state index contributed by atoms with van der Waals surface area (Å²) in [6, 6.07) is 0.145. The van der Waals surface area contributed by atoms with Gasteiger partial charge in [-0.05, 0) is 37.3 Å². The quantitative estimate of drug-likeness (QED) is 0.546. The standard InChI is InChI=1S/C15H23N3O3/c1-3-10(2)16-15(20)18-7-6-11-8-12(14(19)17-21)4-5-13(11)9-18/h5,8,10,12,21H,3-4,6-7,9H2,1-2H3,(H,16,20)(H,17,19). The summed E-state index contributed by atoms with van der Waals surface area (Å²) >= 11 is 0. The Labute approximate surface area is 124 Å². The maximum absolute atomic E-state index is 12.1. The minimum Gasteiger partial charge on any atom is -0.336 e. The van der Waals surface area contributed by atoms with Crippen LogP contribution < -0.4 is 10.8 Å². The van der Waals surface area contributed by atoms with Gasteiger partial charge in [-0.15, -0.1) is 0 Å². The predicted molar refractivity (Wildman–Crippen MR) is 78.7 cm³/mol. The molecule has 0 bridgehead atoms. The van der Waals surface area contributed by atoms with Gasteiger partial charge in [-0.25, -0.2) is 10.3 Å². The van der Waals surface area contributed by atoms with Crippen LogP contribution >= 0.6 is 0 Å². The molecular formula is C15H23N3O3. The molecule has 2 unspecified atom stereocenters. The summed E-state index contributed by atoms with van der Waals surface area (Å²) in [5.41, 5.74) is 3.92. The van der Waals surface area contributed by atoms with E-state index < -0.39 is 0 Å². The van der Waals surface area contributed by atoms with E-state index in [0.29, 0.717) is 19.5 Å². The fourth-order valence-electron chi connectivity index (χ4n) is 2.61. The van der Waals surface area contributed by atoms with Crippen LogP contribution in [0.1, 0.15) is 33.1 Å². The third-order valence-corrected chi connectivity index (χ3v) is 4.16. The second-order valence-corrected chi connectivity index (χ2v) is 5.67. The van der Waals surface area contributed by atoms with Crippen LogP contribution in [0.25, 0.3) is 0 Å². The second-order valence-electron chi connectivity index (χ2n) is 5.67. The summed E-state index contributed by atoms with van der Waals surface area (Å²) < 4.78 is 0. The topological polar surface area (TPSA) is 81.7 Å². The molecule has 1 aliphatic heterocycles. The van der Waals surface area contributed by atoms with Crippen molar-refractivity contribution in [2.24, 2.45) is 5.92 Å². The zero-order chi connectivity index (χ0) is 15.4. The van der Waals surface area contributed by atoms with Crippen LogP contribution in [0.2, 0.25) is 0 Å². The molecule has 6 heteroatoms. The van der Waals surface area contributed by atoms with E-state index in [1.54, 1.807) is 5.48 Å². The van der Waals surface area contributed by atoms with E-state index in [4.69, 9.17) is 5.21 Å². The number of fused-ring (bicyclic) bond motifs is 1. The van der Waals surface area contributed by atoms with E-state index in [0.717, 1.165) is 24.0 Å². The van der Waals surface area contributed by atoms with Crippen LogP contribution in [-0.2, 0) is 4.79 Å². The Kier molecular flexibility index (Phi) is 5.01. The summed E-state index contributed by atoms with van der Waals surface area (Å²) in [5, 5.41) is 11.7. The monoisotopic (exact) mass is 293 g/mol. The minimum absolute atomic E-state index is 0.0282. The number of hydrogen-bond acceptors (Lipinski definition) is 3. The Morgan fingerprint density at radius 2 is 2.24 bits per heavy atom. The number of rotatable bonds is 3. The van der Waals surface area contributed by atoms with Gasteiger partial charge in [0, 0.05) is 19.1 Å². The van der Waals surface area contributed by atoms with Gasteiger partial charge in [0.1, 0.15) is 0 Å². The first-order valence-electron chi connectivity index (χ1n) is 7.44. The molecule has 21 heavy (non-hydrogen) atoms. The Morgan fingerprint density at radius 3 is 2.90 bits per heavy atom. The number of nitrogens with one attached hydrogen (secondary N) is 2. The van der Waals surface area contributed by atoms with E-state index in [-0.39, 0.29) is 23.9 Å². The van der Waals surface area contributed by atoms with Crippen molar-refractivity contribution in [3.63, 3.8) is 0 Å². The molecule has 2 atom stereocenters. The van der Waals surface area contributed by atoms with Gasteiger partial charge < -0.3 is 10.2 Å². The molecule has 116 valence electrons. The van der Waals surface area contributed by atoms with Crippen molar-refractivity contribution in [2.45, 2.75) is 39.2 Å². The van der Waals surface area contributed by atoms with E-state index in [9.17, 15) is 9.59 Å². The van der Waals surface area contributed by atoms with Gasteiger partial charge in [-0.2, -0.15) is 0 Å². The number of hydrogen-bond donors (Lipinski definition) is 3. The van der Waals surface area contributed by atoms with Crippen LogP contribution in [0.3, 0.4) is 0 Å². The van der Waals surface area contributed by atoms with Gasteiger partial charge in [0.25, 0.3) is 5.91 Å². The molecule has 0 aromatic carbocycles. The first-order valence-corrected chi connectivity index (χ1v) is 7.44. The number of carbonyl (C=O) groups excluding carboxylic acids is 2. The number of piperidine rings is 1. The molecule has 6 nitrogen and oxygen atoms in total. The number of nitrogens with zero attached hydrogens (tertiary/aromatic N) is 1. The summed E-state index contributed by atoms with van der Waals surface area (Å²) in [6.45, 7) is 5.27. The normalized spacial score (nSPS) is 22.6. The van der Waals surface area contributed by atoms with Crippen molar-refractivity contribution in [1.82, 2.24) is 15.7 Å². The molecule has 0 radical (unpaired) electrons. The molecular weight excluding hydrogens is 270 g/mol. The SMILES string of the molecule is CCC(C)NC(=O)N1CCC2=CC(C(=O)NO)CC=C2C1. The number of carbonyl (C=O) groups is 2. The molecule has 2 rings (SSSR count). The third-order valence-electron chi connectivity index (χ3n) is 4.16. The third kappa shape index (κ3) is 3.64. The van der Waals surface area contributed by atoms with Crippen LogP contribution in [0.15, 0.2) is 23.3 Å². The molecule has 1 aliphatic carbocycles. The van der Waals surface area contributed by atoms with Crippen molar-refractivity contribution >= 4 is 11.9 Å². The van der Waals surface area contributed by atoms with Crippen LogP contribution in [0.4, 0.5) is 4.79 Å². The molecule has 3 amide bonds. The highest BCUT2D eigenvalue weighted by Gasteiger charge is 2.27. The van der Waals surface area contributed by atoms with Crippen molar-refractivity contribution in [2.75, 3.05) is 13.1 Å². The smallest absolute Gasteiger partial charge is 0.317 e. The molecule has 1 fully saturated rings. The first kappa shape index (κ1) is 15.6. The van der Waals surface area contributed by atoms with E-state index in [2.05, 4.69) is 5.32 Å². The lowest BCUT2D eigenvalue weighted by Crippen LogP contribution is -2.47. The fourth-order valence-corrected chi connectivity index (χ4v) is 2.61. The lowest BCUT2D eigenvalue weighted by molar-refractivity contribution is -0.131. The lowest BCUT2D eigenvalue weighted by Gasteiger charge is -2.33. The molecule has 1 saturated heterocycles. The van der Waals surface area contributed by atoms with Crippen molar-refractivity contribution in [3.8, 4) is 0 Å². The molecule has 0 aromatic rings. The highest BCUT2D eigenvalue weighted by atomic mass is 16.5. The highest BCUT2D eigenvalue weighted by molar-refractivity contribution is 5.80. The maximum Gasteiger partial charge on any atom is 0.317 e. The van der Waals surface area contributed by atoms with Crippen LogP contribution in [-0.4, -0.2) is 41.2 Å². The van der Waals surface area contributed by atoms with Crippen molar-refractivity contribution < 1.29 is 14.8 Å². The lowest BCUT2D eigenvalue weighted by atomic mass is 9.86. The highest BCUT2D eigenvalue weighted by Crippen LogP contribution is 2.29. The molecule has 1 heterocycles. The van der Waals surface area contributed by atoms with Crippen molar-refractivity contribution in [3.05, 3.63) is 23.3 Å². The van der Waals surface area contributed by atoms with Gasteiger partial charge in [0.05, 0.1) is 5.92 Å². The summed E-state index contributed by atoms with van der Waals surface area (Å²) in [4.78, 5) is 25.4. The van der Waals surface area contributed by atoms with Crippen LogP contribution in [0, 0.1) is 5.92 Å². The average Bonchev–Trinajstić information content (AvgIpc) is 2.52. The van der Waals surface area contributed by atoms with Crippen molar-refractivity contribution in [1.29, 1.82) is 0 Å². The maximum atomic E-state index is 12.1. The molecule has 0 saturated carbocycles. The van der Waals surface area contributed by atoms with Gasteiger partial charge in [0.2, 0.25) is 0 Å². The first-order chi connectivity index (χ1) is 10.0. The van der Waals surface area contributed by atoms with E-state index in [1.807, 2.05) is 30.9 Å². The van der Waals surface area contributed by atoms with Gasteiger partial charge in [0.15, 0.2) is 0 Å². The van der Waals surface area contributed by atoms with Crippen LogP contribution in [0.5, 0.6) is 0 Å². The molecule has 0 spiro atoms. The van der Waals surface area contributed by atoms with Gasteiger partial charge >= 0.3 is 6.03 Å². The second kappa shape index (κ2) is 6.76. The van der Waals surface area contributed by atoms with E-state index >= 15 is 0 Å². The number of allylic oxidation sites excluding steroid dienone is 1. The Hall–Kier alpha value is -1.82. The molecule has 0 aromatic heterocycles. The summed E-state index contributed by atoms with van der Waals surface area (Å²) in [7, 11) is 0. The summed E-state index contributed by atoms with van der Waals surface area (Å²) in [6.07, 6.45) is 6.12. The zero-order valence-corrected chi connectivity index (χ0v) is 12.6. The van der Waals surface area contributed by atoms with E-state index in [1.165, 1.54) is 0 Å². The Balaban J connectivity index is 1.97. The number of likely N-dealkylation sites (tertiary alicyclic amines) is 1. The fraction of sp³-hybridized carbons (Fsp3) is 0.600. The summed E-state index contributed by atoms with van der Waals surface area (Å²) in [5.74, 6) is -0.691. The number of urea groups is 1. The molecule has 2 aliphatic rings. The van der Waals surface area contributed by atoms with Gasteiger partial charge in [-0.3, -0.25) is 10.0 Å². The zero-order valence-electron chi connectivity index (χ0n) is 12.6.